The van der Waals surface area contributed by atoms with Crippen molar-refractivity contribution in [1.29, 1.82) is 0 Å². The van der Waals surface area contributed by atoms with Gasteiger partial charge < -0.3 is 31.2 Å². The maximum Gasteiger partial charge on any atom is 0.265 e. The Bertz CT molecular complexity index is 1310. The van der Waals surface area contributed by atoms with Crippen LogP contribution in [0.5, 0.6) is 11.5 Å². The van der Waals surface area contributed by atoms with Crippen LogP contribution in [-0.4, -0.2) is 24.0 Å². The first kappa shape index (κ1) is 23.8. The summed E-state index contributed by atoms with van der Waals surface area (Å²) in [6.07, 6.45) is -0.657. The van der Waals surface area contributed by atoms with E-state index in [0.717, 1.165) is 47.9 Å². The molecule has 0 aromatic heterocycles. The highest BCUT2D eigenvalue weighted by Crippen LogP contribution is 2.33. The number of ether oxygens (including phenoxy) is 2. The van der Waals surface area contributed by atoms with Crippen molar-refractivity contribution < 1.29 is 14.3 Å². The average Bonchev–Trinajstić information content (AvgIpc) is 2.86. The van der Waals surface area contributed by atoms with Gasteiger partial charge in [0, 0.05) is 26.2 Å². The number of nitrogens with two attached hydrogens (primary N) is 1. The molecule has 0 spiro atoms. The molecule has 5 N–H and O–H groups in total. The summed E-state index contributed by atoms with van der Waals surface area (Å²) in [4.78, 5) is 16.3. The van der Waals surface area contributed by atoms with E-state index in [1.165, 1.54) is 11.1 Å². The molecular weight excluding hydrogens is 454 g/mol. The minimum atomic E-state index is -0.465. The van der Waals surface area contributed by atoms with Gasteiger partial charge in [0.15, 0.2) is 12.2 Å². The summed E-state index contributed by atoms with van der Waals surface area (Å²) in [7, 11) is 0. The van der Waals surface area contributed by atoms with E-state index in [9.17, 15) is 4.79 Å². The summed E-state index contributed by atoms with van der Waals surface area (Å²) in [6, 6.07) is 20.4. The fourth-order valence-electron chi connectivity index (χ4n) is 4.26. The molecule has 5 rings (SSSR count). The number of nitrogens with one attached hydrogen (secondary N) is 3. The van der Waals surface area contributed by atoms with Gasteiger partial charge in [0.1, 0.15) is 23.0 Å². The second kappa shape index (κ2) is 10.4. The number of anilines is 1. The Kier molecular flexibility index (Phi) is 6.88. The number of carbonyl (C=O) groups excluding carboxylic acids is 1. The minimum Gasteiger partial charge on any atom is -0.481 e. The van der Waals surface area contributed by atoms with Gasteiger partial charge in [-0.05, 0) is 60.4 Å². The van der Waals surface area contributed by atoms with Gasteiger partial charge in [-0.25, -0.2) is 4.99 Å². The molecule has 0 bridgehead atoms. The average molecular weight is 486 g/mol. The first-order valence-electron chi connectivity index (χ1n) is 12.2. The zero-order chi connectivity index (χ0) is 25.1. The van der Waals surface area contributed by atoms with E-state index < -0.39 is 6.10 Å². The highest BCUT2D eigenvalue weighted by Gasteiger charge is 2.23. The lowest BCUT2D eigenvalue weighted by atomic mass is 10.1. The summed E-state index contributed by atoms with van der Waals surface area (Å²) in [5.41, 5.74) is 12.1. The Labute approximate surface area is 210 Å². The Morgan fingerprint density at radius 1 is 0.806 bits per heavy atom. The summed E-state index contributed by atoms with van der Waals surface area (Å²) >= 11 is 0. The van der Waals surface area contributed by atoms with Gasteiger partial charge in [0.2, 0.25) is 0 Å². The molecule has 3 aromatic rings. The number of fused-ring (bicyclic) bond motifs is 2. The largest absolute Gasteiger partial charge is 0.481 e. The van der Waals surface area contributed by atoms with Crippen LogP contribution in [0.15, 0.2) is 65.7 Å². The van der Waals surface area contributed by atoms with E-state index in [1.54, 1.807) is 6.92 Å². The molecule has 0 aliphatic carbocycles. The summed E-state index contributed by atoms with van der Waals surface area (Å²) in [6.45, 7) is 6.55. The molecule has 2 heterocycles. The molecular formula is C28H31N5O3. The number of rotatable bonds is 8. The molecule has 0 saturated heterocycles. The van der Waals surface area contributed by atoms with Gasteiger partial charge in [0.05, 0.1) is 5.69 Å². The van der Waals surface area contributed by atoms with Crippen LogP contribution in [0.25, 0.3) is 0 Å². The van der Waals surface area contributed by atoms with Gasteiger partial charge in [-0.2, -0.15) is 0 Å². The third kappa shape index (κ3) is 5.50. The van der Waals surface area contributed by atoms with Crippen LogP contribution in [0.4, 0.5) is 11.4 Å². The predicted octanol–water partition coefficient (Wildman–Crippen LogP) is 3.76. The molecule has 1 amide bonds. The van der Waals surface area contributed by atoms with Crippen molar-refractivity contribution in [3.8, 4) is 11.5 Å². The summed E-state index contributed by atoms with van der Waals surface area (Å²) in [5, 5.41) is 9.88. The van der Waals surface area contributed by atoms with E-state index in [1.807, 2.05) is 37.3 Å². The molecule has 8 heteroatoms. The smallest absolute Gasteiger partial charge is 0.265 e. The molecule has 36 heavy (non-hydrogen) atoms. The van der Waals surface area contributed by atoms with E-state index in [-0.39, 0.29) is 12.0 Å². The highest BCUT2D eigenvalue weighted by molar-refractivity contribution is 5.97. The Hall–Kier alpha value is -3.88. The van der Waals surface area contributed by atoms with E-state index in [0.29, 0.717) is 18.1 Å². The predicted molar refractivity (Wildman–Crippen MR) is 141 cm³/mol. The molecule has 2 unspecified atom stereocenters. The first-order valence-corrected chi connectivity index (χ1v) is 12.2. The first-order chi connectivity index (χ1) is 17.4. The second-order valence-electron chi connectivity index (χ2n) is 9.21. The van der Waals surface area contributed by atoms with Crippen LogP contribution < -0.4 is 31.2 Å². The third-order valence-electron chi connectivity index (χ3n) is 6.28. The molecule has 0 fully saturated rings. The number of hydrogen-bond donors (Lipinski definition) is 4. The molecule has 8 nitrogen and oxygen atoms in total. The van der Waals surface area contributed by atoms with Crippen LogP contribution in [0.3, 0.4) is 0 Å². The van der Waals surface area contributed by atoms with Crippen molar-refractivity contribution in [2.45, 2.75) is 52.2 Å². The Morgan fingerprint density at radius 2 is 1.39 bits per heavy atom. The lowest BCUT2D eigenvalue weighted by molar-refractivity contribution is -0.122. The number of benzene rings is 3. The molecule has 3 aromatic carbocycles. The second-order valence-corrected chi connectivity index (χ2v) is 9.21. The van der Waals surface area contributed by atoms with Crippen molar-refractivity contribution in [3.63, 3.8) is 0 Å². The van der Waals surface area contributed by atoms with Crippen molar-refractivity contribution in [2.75, 3.05) is 5.32 Å². The van der Waals surface area contributed by atoms with Crippen molar-refractivity contribution >= 4 is 23.1 Å². The van der Waals surface area contributed by atoms with Gasteiger partial charge in [0.25, 0.3) is 5.91 Å². The maximum atomic E-state index is 11.9. The van der Waals surface area contributed by atoms with E-state index >= 15 is 0 Å². The quantitative estimate of drug-likeness (QED) is 0.387. The van der Waals surface area contributed by atoms with Gasteiger partial charge >= 0.3 is 0 Å². The van der Waals surface area contributed by atoms with Crippen molar-refractivity contribution in [3.05, 3.63) is 82.9 Å². The number of carbonyl (C=O) groups is 1. The van der Waals surface area contributed by atoms with Crippen LogP contribution in [0.2, 0.25) is 0 Å². The summed E-state index contributed by atoms with van der Waals surface area (Å²) in [5.74, 6) is 1.86. The van der Waals surface area contributed by atoms with Crippen LogP contribution >= 0.6 is 0 Å². The lowest BCUT2D eigenvalue weighted by Crippen LogP contribution is -2.34. The topological polar surface area (TPSA) is 110 Å². The van der Waals surface area contributed by atoms with Crippen LogP contribution in [0.1, 0.15) is 36.1 Å². The van der Waals surface area contributed by atoms with Gasteiger partial charge in [-0.1, -0.05) is 36.4 Å². The fraction of sp³-hybridized carbons (Fsp3) is 0.286. The standard InChI is InChI=1S/C28H31N5O3/c1-17-27(29)32-23-11-21(6-8-25(23)35-17)15-30-13-19-4-3-5-20(10-19)14-31-16-22-7-9-26-24(12-22)33-28(34)18(2)36-26/h3-12,17-18,30-31H,13-16H2,1-2H3,(H2,29,32)(H,33,34). The monoisotopic (exact) mass is 485 g/mol. The number of nitrogens with zero attached hydrogens (tertiary/aromatic N) is 1. The Balaban J connectivity index is 1.11. The molecule has 186 valence electrons. The molecule has 2 atom stereocenters. The van der Waals surface area contributed by atoms with Crippen molar-refractivity contribution in [1.82, 2.24) is 10.6 Å². The van der Waals surface area contributed by atoms with E-state index in [2.05, 4.69) is 51.3 Å². The normalized spacial score (nSPS) is 18.3. The van der Waals surface area contributed by atoms with E-state index in [4.69, 9.17) is 15.2 Å². The number of aliphatic imine (C=N–C) groups is 1. The number of hydrogen-bond acceptors (Lipinski definition) is 7. The number of amidine groups is 1. The molecule has 2 aliphatic rings. The maximum absolute atomic E-state index is 11.9. The minimum absolute atomic E-state index is 0.119. The summed E-state index contributed by atoms with van der Waals surface area (Å²) < 4.78 is 11.4. The zero-order valence-corrected chi connectivity index (χ0v) is 20.5. The Morgan fingerprint density at radius 3 is 2.08 bits per heavy atom. The van der Waals surface area contributed by atoms with Crippen molar-refractivity contribution in [2.24, 2.45) is 10.7 Å². The zero-order valence-electron chi connectivity index (χ0n) is 20.5. The van der Waals surface area contributed by atoms with Gasteiger partial charge in [-0.15, -0.1) is 0 Å². The fourth-order valence-corrected chi connectivity index (χ4v) is 4.26. The van der Waals surface area contributed by atoms with Gasteiger partial charge in [-0.3, -0.25) is 4.79 Å². The van der Waals surface area contributed by atoms with Crippen LogP contribution in [-0.2, 0) is 31.0 Å². The SMILES string of the molecule is CC1Oc2ccc(CNCc3cccc(CNCc4ccc5c(c4)N=C(N)C(C)O5)c3)cc2NC1=O. The van der Waals surface area contributed by atoms with Crippen LogP contribution in [0, 0.1) is 0 Å². The lowest BCUT2D eigenvalue weighted by Gasteiger charge is -2.23. The highest BCUT2D eigenvalue weighted by atomic mass is 16.5. The molecule has 0 saturated carbocycles. The molecule has 2 aliphatic heterocycles. The number of amides is 1. The third-order valence-corrected chi connectivity index (χ3v) is 6.28. The molecule has 0 radical (unpaired) electrons.